The number of hydrogen-bond acceptors (Lipinski definition) is 12. The van der Waals surface area contributed by atoms with Crippen molar-refractivity contribution >= 4 is 119 Å². The first kappa shape index (κ1) is 39.9. The highest BCUT2D eigenvalue weighted by molar-refractivity contribution is 9.12. The van der Waals surface area contributed by atoms with E-state index >= 15 is 0 Å². The summed E-state index contributed by atoms with van der Waals surface area (Å²) >= 11 is 5.77. The number of rotatable bonds is 11. The number of amides is 3. The summed E-state index contributed by atoms with van der Waals surface area (Å²) in [5.41, 5.74) is -2.48. The topological polar surface area (TPSA) is 295 Å². The maximum absolute atomic E-state index is 13.4. The summed E-state index contributed by atoms with van der Waals surface area (Å²) < 4.78 is 103. The lowest BCUT2D eigenvalue weighted by molar-refractivity contribution is -0.112. The molecule has 4 aromatic carbocycles. The molecule has 52 heavy (non-hydrogen) atoms. The molecule has 23 heteroatoms. The van der Waals surface area contributed by atoms with Crippen molar-refractivity contribution in [1.29, 1.82) is 0 Å². The number of phenolic OH excluding ortho intramolecular Hbond substituents is 1. The highest BCUT2D eigenvalue weighted by atomic mass is 79.9. The smallest absolute Gasteiger partial charge is 0.296 e. The molecule has 272 valence electrons. The first-order chi connectivity index (χ1) is 24.0. The highest BCUT2D eigenvalue weighted by Crippen LogP contribution is 2.45. The minimum atomic E-state index is -5.37. The molecule has 0 spiro atoms. The lowest BCUT2D eigenvalue weighted by Crippen LogP contribution is -2.15. The van der Waals surface area contributed by atoms with Crippen LogP contribution in [-0.4, -0.2) is 61.7 Å². The molecule has 0 bridgehead atoms. The van der Waals surface area contributed by atoms with Crippen LogP contribution < -0.4 is 16.0 Å². The largest absolute Gasteiger partial charge is 0.505 e. The van der Waals surface area contributed by atoms with Crippen LogP contribution in [0.5, 0.6) is 5.75 Å². The number of fused-ring (bicyclic) bond motifs is 1. The number of carbonyl (C=O) groups is 3. The molecule has 4 aromatic rings. The van der Waals surface area contributed by atoms with E-state index in [-0.39, 0.29) is 25.9 Å². The standard InChI is InChI=1S/C29H21Br2N5O13S3/c1-13(30)27(38)32-17-5-3-4-15(8-17)29(40)34-21-12-19(50(41,42)43)9-16-10-23(52(47,48)49)25(26(37)24(16)21)36-35-20-11-18(33-28(39)14(2)31)6-7-22(20)51(44,45)46/h3-12,37H,1-2H2,(H,32,38)(H,33,39)(H,34,40)(H,41,42,43)(H,44,45,46)(H,47,48,49). The maximum Gasteiger partial charge on any atom is 0.296 e. The van der Waals surface area contributed by atoms with E-state index in [0.29, 0.717) is 18.2 Å². The minimum absolute atomic E-state index is 0.0295. The van der Waals surface area contributed by atoms with Crippen molar-refractivity contribution < 1.29 is 58.4 Å². The lowest BCUT2D eigenvalue weighted by Gasteiger charge is -2.15. The van der Waals surface area contributed by atoms with Crippen molar-refractivity contribution in [2.24, 2.45) is 10.2 Å². The van der Waals surface area contributed by atoms with E-state index in [2.05, 4.69) is 71.2 Å². The van der Waals surface area contributed by atoms with Gasteiger partial charge in [-0.15, -0.1) is 10.2 Å². The van der Waals surface area contributed by atoms with Crippen molar-refractivity contribution in [2.75, 3.05) is 16.0 Å². The number of aromatic hydroxyl groups is 1. The van der Waals surface area contributed by atoms with Crippen LogP contribution in [0.4, 0.5) is 28.4 Å². The number of carbonyl (C=O) groups excluding carboxylic acids is 3. The molecule has 0 radical (unpaired) electrons. The molecule has 0 saturated heterocycles. The Kier molecular flexibility index (Phi) is 11.5. The molecular formula is C29H21Br2N5O13S3. The van der Waals surface area contributed by atoms with Crippen LogP contribution in [0.15, 0.2) is 108 Å². The van der Waals surface area contributed by atoms with Gasteiger partial charge in [-0.1, -0.05) is 19.2 Å². The van der Waals surface area contributed by atoms with Crippen LogP contribution in [0.25, 0.3) is 10.8 Å². The highest BCUT2D eigenvalue weighted by Gasteiger charge is 2.27. The minimum Gasteiger partial charge on any atom is -0.505 e. The molecule has 0 fully saturated rings. The van der Waals surface area contributed by atoms with Gasteiger partial charge in [0.25, 0.3) is 48.1 Å². The quantitative estimate of drug-likeness (QED) is 0.0545. The first-order valence-corrected chi connectivity index (χ1v) is 19.4. The van der Waals surface area contributed by atoms with Crippen LogP contribution in [0.3, 0.4) is 0 Å². The van der Waals surface area contributed by atoms with E-state index < -0.39 is 96.3 Å². The summed E-state index contributed by atoms with van der Waals surface area (Å²) in [4.78, 5) is 34.4. The third kappa shape index (κ3) is 9.31. The van der Waals surface area contributed by atoms with Gasteiger partial charge in [-0.05, 0) is 91.8 Å². The number of hydrogen-bond donors (Lipinski definition) is 7. The third-order valence-electron chi connectivity index (χ3n) is 6.58. The number of benzene rings is 4. The molecule has 0 unspecified atom stereocenters. The molecule has 4 rings (SSSR count). The van der Waals surface area contributed by atoms with E-state index in [1.807, 2.05) is 0 Å². The number of nitrogens with one attached hydrogen (secondary N) is 3. The van der Waals surface area contributed by atoms with Crippen LogP contribution in [0.1, 0.15) is 10.4 Å². The summed E-state index contributed by atoms with van der Waals surface area (Å²) in [6, 6.07) is 10.0. The third-order valence-corrected chi connectivity index (χ3v) is 9.89. The van der Waals surface area contributed by atoms with E-state index in [1.54, 1.807) is 0 Å². The monoisotopic (exact) mass is 901 g/mol. The summed E-state index contributed by atoms with van der Waals surface area (Å²) in [5.74, 6) is -3.57. The van der Waals surface area contributed by atoms with E-state index in [9.17, 15) is 58.4 Å². The Balaban J connectivity index is 1.96. The zero-order chi connectivity index (χ0) is 38.9. The van der Waals surface area contributed by atoms with E-state index in [1.165, 1.54) is 24.3 Å². The van der Waals surface area contributed by atoms with Crippen LogP contribution in [-0.2, 0) is 39.9 Å². The van der Waals surface area contributed by atoms with Crippen molar-refractivity contribution in [3.05, 3.63) is 88.3 Å². The number of nitrogens with zero attached hydrogens (tertiary/aromatic N) is 2. The molecule has 3 amide bonds. The van der Waals surface area contributed by atoms with Gasteiger partial charge in [0.05, 0.1) is 19.5 Å². The molecule has 0 aliphatic rings. The van der Waals surface area contributed by atoms with Crippen LogP contribution in [0, 0.1) is 0 Å². The van der Waals surface area contributed by atoms with Gasteiger partial charge in [0, 0.05) is 22.3 Å². The molecule has 18 nitrogen and oxygen atoms in total. The van der Waals surface area contributed by atoms with Gasteiger partial charge in [0.1, 0.15) is 21.2 Å². The van der Waals surface area contributed by atoms with Crippen molar-refractivity contribution in [3.63, 3.8) is 0 Å². The fourth-order valence-corrected chi connectivity index (χ4v) is 6.33. The molecule has 0 atom stereocenters. The van der Waals surface area contributed by atoms with E-state index in [0.717, 1.165) is 18.2 Å². The van der Waals surface area contributed by atoms with E-state index in [4.69, 9.17) is 0 Å². The predicted octanol–water partition coefficient (Wildman–Crippen LogP) is 5.65. The SMILES string of the molecule is C=C(Br)C(=O)Nc1cccc(C(=O)Nc2cc(S(=O)(=O)O)cc3cc(S(=O)(=O)O)c(N=Nc4cc(NC(=O)C(=C)Br)ccc4S(=O)(=O)O)c(O)c23)c1. The Hall–Kier alpha value is -4.88. The van der Waals surface area contributed by atoms with Gasteiger partial charge < -0.3 is 21.1 Å². The Labute approximate surface area is 310 Å². The van der Waals surface area contributed by atoms with Crippen LogP contribution in [0.2, 0.25) is 0 Å². The molecule has 0 heterocycles. The second-order valence-corrected chi connectivity index (χ2v) is 16.3. The molecule has 7 N–H and O–H groups in total. The van der Waals surface area contributed by atoms with Gasteiger partial charge in [-0.3, -0.25) is 28.0 Å². The Morgan fingerprint density at radius 2 is 1.25 bits per heavy atom. The number of azo groups is 1. The van der Waals surface area contributed by atoms with Gasteiger partial charge in [0.2, 0.25) is 0 Å². The average molecular weight is 904 g/mol. The number of phenols is 1. The number of halogens is 2. The second kappa shape index (κ2) is 15.0. The molecule has 0 aliphatic heterocycles. The van der Waals surface area contributed by atoms with Gasteiger partial charge >= 0.3 is 0 Å². The Morgan fingerprint density at radius 1 is 0.673 bits per heavy atom. The van der Waals surface area contributed by atoms with Crippen LogP contribution >= 0.6 is 31.9 Å². The summed E-state index contributed by atoms with van der Waals surface area (Å²) in [7, 11) is -15.5. The van der Waals surface area contributed by atoms with Crippen molar-refractivity contribution in [3.8, 4) is 5.75 Å². The normalized spacial score (nSPS) is 12.0. The fourth-order valence-electron chi connectivity index (χ4n) is 4.33. The summed E-state index contributed by atoms with van der Waals surface area (Å²) in [6.07, 6.45) is 0. The zero-order valence-electron chi connectivity index (χ0n) is 25.5. The van der Waals surface area contributed by atoms with Gasteiger partial charge in [-0.2, -0.15) is 25.3 Å². The first-order valence-electron chi connectivity index (χ1n) is 13.5. The molecule has 0 aliphatic carbocycles. The van der Waals surface area contributed by atoms with Crippen molar-refractivity contribution in [1.82, 2.24) is 0 Å². The Morgan fingerprint density at radius 3 is 1.79 bits per heavy atom. The number of anilines is 3. The van der Waals surface area contributed by atoms with Crippen molar-refractivity contribution in [2.45, 2.75) is 14.7 Å². The van der Waals surface area contributed by atoms with Gasteiger partial charge in [-0.25, -0.2) is 0 Å². The second-order valence-electron chi connectivity index (χ2n) is 10.2. The van der Waals surface area contributed by atoms with Gasteiger partial charge in [0.15, 0.2) is 5.75 Å². The predicted molar refractivity (Wildman–Crippen MR) is 193 cm³/mol. The molecule has 0 saturated carbocycles. The molecule has 0 aromatic heterocycles. The fraction of sp³-hybridized carbons (Fsp3) is 0. The Bertz CT molecular complexity index is 2610. The average Bonchev–Trinajstić information content (AvgIpc) is 3.02. The maximum atomic E-state index is 13.4. The lowest BCUT2D eigenvalue weighted by atomic mass is 10.1. The molecular weight excluding hydrogens is 882 g/mol. The summed E-state index contributed by atoms with van der Waals surface area (Å²) in [6.45, 7) is 6.81. The zero-order valence-corrected chi connectivity index (χ0v) is 31.1. The summed E-state index contributed by atoms with van der Waals surface area (Å²) in [5, 5.41) is 24.7.